The SMILES string of the molecule is O=C(O[N+]12CCC(CC1)CC2)[C@](O)(c1ccco1)c1cccs1. The van der Waals surface area contributed by atoms with E-state index in [1.165, 1.54) is 17.6 Å². The van der Waals surface area contributed by atoms with E-state index in [0.717, 1.165) is 44.8 Å². The summed E-state index contributed by atoms with van der Waals surface area (Å²) in [5.41, 5.74) is -1.88. The third-order valence-corrected chi connectivity index (χ3v) is 6.14. The highest BCUT2D eigenvalue weighted by molar-refractivity contribution is 7.10. The first-order valence-corrected chi connectivity index (χ1v) is 8.91. The summed E-state index contributed by atoms with van der Waals surface area (Å²) in [6.07, 6.45) is 4.72. The third kappa shape index (κ3) is 2.41. The van der Waals surface area contributed by atoms with E-state index in [2.05, 4.69) is 0 Å². The summed E-state index contributed by atoms with van der Waals surface area (Å²) in [5, 5.41) is 13.0. The molecule has 0 spiro atoms. The maximum absolute atomic E-state index is 13.0. The van der Waals surface area contributed by atoms with Crippen LogP contribution < -0.4 is 0 Å². The van der Waals surface area contributed by atoms with Crippen LogP contribution in [0.4, 0.5) is 0 Å². The molecule has 5 heterocycles. The van der Waals surface area contributed by atoms with Crippen LogP contribution in [-0.4, -0.2) is 35.4 Å². The van der Waals surface area contributed by atoms with Gasteiger partial charge in [-0.2, -0.15) is 0 Å². The highest BCUT2D eigenvalue weighted by Gasteiger charge is 2.52. The first-order valence-electron chi connectivity index (χ1n) is 8.03. The monoisotopic (exact) mass is 334 g/mol. The molecule has 0 radical (unpaired) electrons. The summed E-state index contributed by atoms with van der Waals surface area (Å²) in [6, 6.07) is 6.82. The molecule has 5 rings (SSSR count). The van der Waals surface area contributed by atoms with Crippen LogP contribution in [-0.2, 0) is 15.2 Å². The lowest BCUT2D eigenvalue weighted by Crippen LogP contribution is -2.60. The normalized spacial score (nSPS) is 29.2. The van der Waals surface area contributed by atoms with Gasteiger partial charge in [0, 0.05) is 19.3 Å². The number of hydrogen-bond donors (Lipinski definition) is 1. The molecule has 0 saturated carbocycles. The summed E-state index contributed by atoms with van der Waals surface area (Å²) < 4.78 is 5.70. The number of hydrogen-bond acceptors (Lipinski definition) is 5. The molecule has 3 fully saturated rings. The Morgan fingerprint density at radius 3 is 2.57 bits per heavy atom. The van der Waals surface area contributed by atoms with E-state index in [1.54, 1.807) is 24.3 Å². The zero-order chi connectivity index (χ0) is 15.9. The lowest BCUT2D eigenvalue weighted by Gasteiger charge is -2.45. The molecule has 3 aliphatic rings. The Hall–Kier alpha value is -1.63. The highest BCUT2D eigenvalue weighted by atomic mass is 32.1. The van der Waals surface area contributed by atoms with Crippen molar-refractivity contribution in [2.75, 3.05) is 19.6 Å². The number of aliphatic hydroxyl groups is 1. The number of furan rings is 1. The first-order chi connectivity index (χ1) is 11.1. The van der Waals surface area contributed by atoms with Gasteiger partial charge in [-0.25, -0.2) is 4.79 Å². The number of nitrogens with zero attached hydrogens (tertiary/aromatic N) is 1. The fourth-order valence-corrected chi connectivity index (χ4v) is 4.51. The minimum absolute atomic E-state index is 0.204. The number of quaternary nitrogens is 1. The van der Waals surface area contributed by atoms with Crippen molar-refractivity contribution >= 4 is 17.3 Å². The van der Waals surface area contributed by atoms with Gasteiger partial charge in [-0.15, -0.1) is 16.0 Å². The summed E-state index contributed by atoms with van der Waals surface area (Å²) in [4.78, 5) is 19.4. The average Bonchev–Trinajstić information content (AvgIpc) is 3.29. The van der Waals surface area contributed by atoms with Crippen molar-refractivity contribution in [1.82, 2.24) is 0 Å². The van der Waals surface area contributed by atoms with Crippen LogP contribution in [0.5, 0.6) is 0 Å². The second-order valence-corrected chi connectivity index (χ2v) is 7.45. The summed E-state index contributed by atoms with van der Waals surface area (Å²) in [7, 11) is 0. The van der Waals surface area contributed by atoms with E-state index < -0.39 is 11.6 Å². The maximum atomic E-state index is 13.0. The molecule has 2 aromatic heterocycles. The molecule has 3 saturated heterocycles. The van der Waals surface area contributed by atoms with Crippen molar-refractivity contribution < 1.29 is 23.8 Å². The van der Waals surface area contributed by atoms with Gasteiger partial charge < -0.3 is 9.52 Å². The smallest absolute Gasteiger partial charge is 0.411 e. The number of rotatable bonds is 4. The Bertz CT molecular complexity index is 624. The average molecular weight is 334 g/mol. The first kappa shape index (κ1) is 14.9. The standard InChI is InChI=1S/C17H20NO4S/c19-16(22-18-8-5-13(6-9-18)7-10-18)17(20,14-3-1-11-21-14)15-4-2-12-23-15/h1-4,11-13,20H,5-10H2/q+1/t13?,17-,18?/m0/s1. The Labute approximate surface area is 138 Å². The minimum atomic E-state index is -1.88. The Kier molecular flexibility index (Phi) is 3.55. The van der Waals surface area contributed by atoms with Crippen LogP contribution in [0.1, 0.15) is 29.9 Å². The summed E-state index contributed by atoms with van der Waals surface area (Å²) in [5.74, 6) is 0.334. The van der Waals surface area contributed by atoms with Crippen LogP contribution in [0.3, 0.4) is 0 Å². The third-order valence-electron chi connectivity index (χ3n) is 5.16. The molecule has 0 amide bonds. The van der Waals surface area contributed by atoms with Gasteiger partial charge in [-0.1, -0.05) is 6.07 Å². The molecule has 3 aliphatic heterocycles. The molecule has 122 valence electrons. The lowest BCUT2D eigenvalue weighted by molar-refractivity contribution is -1.10. The molecule has 0 unspecified atom stereocenters. The zero-order valence-corrected chi connectivity index (χ0v) is 13.6. The van der Waals surface area contributed by atoms with E-state index in [1.807, 2.05) is 5.38 Å². The molecule has 6 heteroatoms. The molecule has 0 aromatic carbocycles. The largest absolute Gasteiger partial charge is 0.465 e. The second kappa shape index (κ2) is 5.47. The highest BCUT2D eigenvalue weighted by Crippen LogP contribution is 2.38. The van der Waals surface area contributed by atoms with Crippen LogP contribution in [0, 0.1) is 5.92 Å². The quantitative estimate of drug-likeness (QED) is 0.874. The van der Waals surface area contributed by atoms with E-state index in [-0.39, 0.29) is 5.76 Å². The van der Waals surface area contributed by atoms with Gasteiger partial charge in [0.15, 0.2) is 5.76 Å². The zero-order valence-electron chi connectivity index (χ0n) is 12.8. The van der Waals surface area contributed by atoms with Gasteiger partial charge in [0.1, 0.15) is 19.6 Å². The van der Waals surface area contributed by atoms with Crippen LogP contribution in [0.2, 0.25) is 0 Å². The predicted octanol–water partition coefficient (Wildman–Crippen LogP) is 2.67. The number of hydroxylamine groups is 3. The van der Waals surface area contributed by atoms with E-state index in [0.29, 0.717) is 9.52 Å². The Balaban J connectivity index is 1.66. The molecule has 2 bridgehead atoms. The summed E-state index contributed by atoms with van der Waals surface area (Å²) >= 11 is 1.32. The number of carbonyl (C=O) groups is 1. The Morgan fingerprint density at radius 2 is 2.00 bits per heavy atom. The Morgan fingerprint density at radius 1 is 1.26 bits per heavy atom. The van der Waals surface area contributed by atoms with Crippen molar-refractivity contribution in [3.8, 4) is 0 Å². The van der Waals surface area contributed by atoms with Crippen LogP contribution in [0.25, 0.3) is 0 Å². The van der Waals surface area contributed by atoms with Crippen molar-refractivity contribution in [3.05, 3.63) is 46.5 Å². The molecule has 1 atom stereocenters. The summed E-state index contributed by atoms with van der Waals surface area (Å²) in [6.45, 7) is 2.53. The molecule has 23 heavy (non-hydrogen) atoms. The van der Waals surface area contributed by atoms with Gasteiger partial charge in [0.25, 0.3) is 5.60 Å². The van der Waals surface area contributed by atoms with Crippen molar-refractivity contribution in [3.63, 3.8) is 0 Å². The van der Waals surface area contributed by atoms with Gasteiger partial charge in [-0.3, -0.25) is 4.84 Å². The molecular weight excluding hydrogens is 314 g/mol. The molecule has 5 nitrogen and oxygen atoms in total. The van der Waals surface area contributed by atoms with Gasteiger partial charge in [-0.05, 0) is 29.5 Å². The van der Waals surface area contributed by atoms with Crippen molar-refractivity contribution in [2.45, 2.75) is 24.9 Å². The lowest BCUT2D eigenvalue weighted by atomic mass is 9.88. The minimum Gasteiger partial charge on any atom is -0.465 e. The number of piperidine rings is 3. The van der Waals surface area contributed by atoms with E-state index in [9.17, 15) is 9.90 Å². The fraction of sp³-hybridized carbons (Fsp3) is 0.471. The molecule has 1 N–H and O–H groups in total. The molecule has 0 aliphatic carbocycles. The number of thiophene rings is 1. The second-order valence-electron chi connectivity index (χ2n) is 6.50. The van der Waals surface area contributed by atoms with Gasteiger partial charge in [0.2, 0.25) is 0 Å². The van der Waals surface area contributed by atoms with Gasteiger partial charge >= 0.3 is 5.97 Å². The van der Waals surface area contributed by atoms with Crippen LogP contribution in [0.15, 0.2) is 40.3 Å². The van der Waals surface area contributed by atoms with E-state index in [4.69, 9.17) is 9.25 Å². The van der Waals surface area contributed by atoms with Gasteiger partial charge in [0.05, 0.1) is 11.1 Å². The number of fused-ring (bicyclic) bond motifs is 3. The van der Waals surface area contributed by atoms with Crippen LogP contribution >= 0.6 is 11.3 Å². The molecule has 2 aromatic rings. The maximum Gasteiger partial charge on any atom is 0.411 e. The topological polar surface area (TPSA) is 59.7 Å². The fourth-order valence-electron chi connectivity index (χ4n) is 3.69. The molecular formula is C17H20NO4S+. The van der Waals surface area contributed by atoms with E-state index >= 15 is 0 Å². The number of carbonyl (C=O) groups excluding carboxylic acids is 1. The van der Waals surface area contributed by atoms with Crippen molar-refractivity contribution in [1.29, 1.82) is 0 Å². The van der Waals surface area contributed by atoms with Crippen molar-refractivity contribution in [2.24, 2.45) is 5.92 Å². The predicted molar refractivity (Wildman–Crippen MR) is 84.3 cm³/mol.